The van der Waals surface area contributed by atoms with Crippen molar-refractivity contribution in [3.63, 3.8) is 0 Å². The van der Waals surface area contributed by atoms with E-state index >= 15 is 0 Å². The van der Waals surface area contributed by atoms with Crippen LogP contribution in [0.3, 0.4) is 0 Å². The first kappa shape index (κ1) is 13.2. The van der Waals surface area contributed by atoms with Crippen molar-refractivity contribution in [3.8, 4) is 0 Å². The van der Waals surface area contributed by atoms with Crippen LogP contribution in [0, 0.1) is 5.92 Å². The molecule has 0 saturated carbocycles. The number of likely N-dealkylation sites (tertiary alicyclic amines) is 1. The molecule has 2 aromatic rings. The summed E-state index contributed by atoms with van der Waals surface area (Å²) in [6.07, 6.45) is 5.99. The van der Waals surface area contributed by atoms with E-state index in [4.69, 9.17) is 0 Å². The van der Waals surface area contributed by atoms with Crippen LogP contribution in [0.25, 0.3) is 10.9 Å². The normalized spacial score (nSPS) is 19.8. The molecule has 1 saturated heterocycles. The second kappa shape index (κ2) is 5.70. The molecule has 0 radical (unpaired) electrons. The van der Waals surface area contributed by atoms with Crippen LogP contribution in [-0.4, -0.2) is 28.9 Å². The molecule has 2 heterocycles. The predicted molar refractivity (Wildman–Crippen MR) is 81.6 cm³/mol. The molecule has 0 unspecified atom stereocenters. The van der Waals surface area contributed by atoms with E-state index in [1.54, 1.807) is 0 Å². The third kappa shape index (κ3) is 2.58. The van der Waals surface area contributed by atoms with Gasteiger partial charge in [0.15, 0.2) is 0 Å². The van der Waals surface area contributed by atoms with Gasteiger partial charge in [-0.2, -0.15) is 0 Å². The Kier molecular flexibility index (Phi) is 3.77. The summed E-state index contributed by atoms with van der Waals surface area (Å²) in [6.45, 7) is 4.01. The van der Waals surface area contributed by atoms with E-state index in [9.17, 15) is 4.79 Å². The van der Waals surface area contributed by atoms with E-state index in [1.807, 2.05) is 6.07 Å². The van der Waals surface area contributed by atoms with Gasteiger partial charge >= 0.3 is 0 Å². The number of hydrogen-bond donors (Lipinski definition) is 1. The molecule has 3 heteroatoms. The van der Waals surface area contributed by atoms with Crippen LogP contribution >= 0.6 is 0 Å². The van der Waals surface area contributed by atoms with Crippen LogP contribution in [0.5, 0.6) is 0 Å². The van der Waals surface area contributed by atoms with E-state index in [-0.39, 0.29) is 0 Å². The molecule has 1 aliphatic rings. The van der Waals surface area contributed by atoms with Crippen LogP contribution in [-0.2, 0) is 11.2 Å². The highest BCUT2D eigenvalue weighted by Crippen LogP contribution is 2.22. The minimum atomic E-state index is 0.328. The molecule has 1 atom stereocenters. The quantitative estimate of drug-likeness (QED) is 0.908. The number of nitrogens with one attached hydrogen (secondary N) is 1. The summed E-state index contributed by atoms with van der Waals surface area (Å²) in [4.78, 5) is 17.4. The zero-order valence-electron chi connectivity index (χ0n) is 12.1. The van der Waals surface area contributed by atoms with Gasteiger partial charge in [0.05, 0.1) is 0 Å². The molecule has 1 aliphatic heterocycles. The molecule has 106 valence electrons. The van der Waals surface area contributed by atoms with Crippen molar-refractivity contribution >= 4 is 16.8 Å². The maximum Gasteiger partial charge on any atom is 0.222 e. The Morgan fingerprint density at radius 2 is 2.20 bits per heavy atom. The minimum absolute atomic E-state index is 0.328. The first-order chi connectivity index (χ1) is 9.78. The smallest absolute Gasteiger partial charge is 0.222 e. The molecule has 1 N–H and O–H groups in total. The van der Waals surface area contributed by atoms with Gasteiger partial charge in [-0.15, -0.1) is 0 Å². The number of nitrogens with zero attached hydrogens (tertiary/aromatic N) is 1. The van der Waals surface area contributed by atoms with Crippen molar-refractivity contribution in [2.24, 2.45) is 5.92 Å². The lowest BCUT2D eigenvalue weighted by molar-refractivity contribution is -0.134. The van der Waals surface area contributed by atoms with Gasteiger partial charge in [-0.25, -0.2) is 0 Å². The van der Waals surface area contributed by atoms with E-state index in [0.717, 1.165) is 32.4 Å². The number of hydrogen-bond acceptors (Lipinski definition) is 1. The van der Waals surface area contributed by atoms with E-state index in [1.165, 1.54) is 22.9 Å². The molecule has 0 bridgehead atoms. The number of amides is 1. The fourth-order valence-electron chi connectivity index (χ4n) is 3.13. The summed E-state index contributed by atoms with van der Waals surface area (Å²) in [5.41, 5.74) is 2.49. The fraction of sp³-hybridized carbons (Fsp3) is 0.471. The lowest BCUT2D eigenvalue weighted by Crippen LogP contribution is -2.40. The lowest BCUT2D eigenvalue weighted by Gasteiger charge is -2.32. The van der Waals surface area contributed by atoms with Gasteiger partial charge in [0.1, 0.15) is 0 Å². The van der Waals surface area contributed by atoms with Crippen molar-refractivity contribution in [1.82, 2.24) is 9.88 Å². The first-order valence-electron chi connectivity index (χ1n) is 7.60. The molecule has 1 aromatic heterocycles. The summed E-state index contributed by atoms with van der Waals surface area (Å²) < 4.78 is 0. The zero-order valence-corrected chi connectivity index (χ0v) is 12.1. The molecule has 3 nitrogen and oxygen atoms in total. The van der Waals surface area contributed by atoms with Gasteiger partial charge < -0.3 is 9.88 Å². The standard InChI is InChI=1S/C17H22N2O/c1-2-13-7-8-17(20)19(12-13)10-9-14-11-18-16-6-4-3-5-15(14)16/h3-6,11,13,18H,2,7-10,12H2,1H3/t13-/m1/s1. The van der Waals surface area contributed by atoms with Crippen molar-refractivity contribution in [1.29, 1.82) is 0 Å². The molecule has 0 aliphatic carbocycles. The van der Waals surface area contributed by atoms with Crippen LogP contribution < -0.4 is 0 Å². The molecule has 0 spiro atoms. The number of H-pyrrole nitrogens is 1. The number of fused-ring (bicyclic) bond motifs is 1. The zero-order chi connectivity index (χ0) is 13.9. The molecule has 1 aromatic carbocycles. The lowest BCUT2D eigenvalue weighted by atomic mass is 9.95. The second-order valence-electron chi connectivity index (χ2n) is 5.76. The number of benzene rings is 1. The largest absolute Gasteiger partial charge is 0.361 e. The summed E-state index contributed by atoms with van der Waals surface area (Å²) in [5.74, 6) is 1.02. The molecule has 20 heavy (non-hydrogen) atoms. The van der Waals surface area contributed by atoms with Crippen LogP contribution in [0.2, 0.25) is 0 Å². The molecule has 1 fully saturated rings. The Morgan fingerprint density at radius 3 is 3.05 bits per heavy atom. The number of para-hydroxylation sites is 1. The van der Waals surface area contributed by atoms with Gasteiger partial charge in [0, 0.05) is 36.6 Å². The van der Waals surface area contributed by atoms with Crippen LogP contribution in [0.15, 0.2) is 30.5 Å². The van der Waals surface area contributed by atoms with Gasteiger partial charge in [0.2, 0.25) is 5.91 Å². The van der Waals surface area contributed by atoms with Crippen molar-refractivity contribution < 1.29 is 4.79 Å². The van der Waals surface area contributed by atoms with Gasteiger partial charge in [-0.05, 0) is 30.4 Å². The molecule has 1 amide bonds. The predicted octanol–water partition coefficient (Wildman–Crippen LogP) is 3.36. The Morgan fingerprint density at radius 1 is 1.35 bits per heavy atom. The molecular weight excluding hydrogens is 248 g/mol. The topological polar surface area (TPSA) is 36.1 Å². The Hall–Kier alpha value is -1.77. The monoisotopic (exact) mass is 270 g/mol. The third-order valence-corrected chi connectivity index (χ3v) is 4.50. The Balaban J connectivity index is 1.68. The number of rotatable bonds is 4. The summed E-state index contributed by atoms with van der Waals surface area (Å²) in [7, 11) is 0. The van der Waals surface area contributed by atoms with Gasteiger partial charge in [-0.1, -0.05) is 31.5 Å². The van der Waals surface area contributed by atoms with Gasteiger partial charge in [-0.3, -0.25) is 4.79 Å². The van der Waals surface area contributed by atoms with Gasteiger partial charge in [0.25, 0.3) is 0 Å². The average molecular weight is 270 g/mol. The highest BCUT2D eigenvalue weighted by molar-refractivity contribution is 5.83. The fourth-order valence-corrected chi connectivity index (χ4v) is 3.13. The van der Waals surface area contributed by atoms with Crippen LogP contribution in [0.1, 0.15) is 31.7 Å². The maximum atomic E-state index is 12.0. The summed E-state index contributed by atoms with van der Waals surface area (Å²) >= 11 is 0. The first-order valence-corrected chi connectivity index (χ1v) is 7.60. The van der Waals surface area contributed by atoms with Crippen molar-refractivity contribution in [2.45, 2.75) is 32.6 Å². The molecule has 3 rings (SSSR count). The van der Waals surface area contributed by atoms with E-state index in [2.05, 4.69) is 41.2 Å². The minimum Gasteiger partial charge on any atom is -0.361 e. The Bertz CT molecular complexity index is 602. The van der Waals surface area contributed by atoms with E-state index < -0.39 is 0 Å². The van der Waals surface area contributed by atoms with Crippen molar-refractivity contribution in [2.75, 3.05) is 13.1 Å². The number of piperidine rings is 1. The highest BCUT2D eigenvalue weighted by Gasteiger charge is 2.24. The summed E-state index contributed by atoms with van der Waals surface area (Å²) in [6, 6.07) is 8.35. The van der Waals surface area contributed by atoms with Crippen LogP contribution in [0.4, 0.5) is 0 Å². The second-order valence-corrected chi connectivity index (χ2v) is 5.76. The Labute approximate surface area is 120 Å². The number of carbonyl (C=O) groups is 1. The van der Waals surface area contributed by atoms with E-state index in [0.29, 0.717) is 11.8 Å². The number of aromatic nitrogens is 1. The average Bonchev–Trinajstić information content (AvgIpc) is 2.90. The number of carbonyl (C=O) groups excluding carboxylic acids is 1. The summed E-state index contributed by atoms with van der Waals surface area (Å²) in [5, 5.41) is 1.28. The molecular formula is C17H22N2O. The maximum absolute atomic E-state index is 12.0. The SMILES string of the molecule is CC[C@@H]1CCC(=O)N(CCc2c[nH]c3ccccc23)C1. The third-order valence-electron chi connectivity index (χ3n) is 4.50. The van der Waals surface area contributed by atoms with Crippen molar-refractivity contribution in [3.05, 3.63) is 36.0 Å². The number of aromatic amines is 1. The highest BCUT2D eigenvalue weighted by atomic mass is 16.2.